The van der Waals surface area contributed by atoms with Crippen molar-refractivity contribution in [2.24, 2.45) is 0 Å². The summed E-state index contributed by atoms with van der Waals surface area (Å²) in [5, 5.41) is 11.8. The summed E-state index contributed by atoms with van der Waals surface area (Å²) in [4.78, 5) is 0. The molecule has 0 saturated heterocycles. The molecule has 0 unspecified atom stereocenters. The van der Waals surface area contributed by atoms with E-state index in [-0.39, 0.29) is 11.6 Å². The summed E-state index contributed by atoms with van der Waals surface area (Å²) in [6.07, 6.45) is 0. The SMILES string of the molecule is Cc1cc(Cn2nnc(NS(=O)(=O)Cc3ccccc3)c2C)no1. The highest BCUT2D eigenvalue weighted by Gasteiger charge is 2.17. The van der Waals surface area contributed by atoms with Gasteiger partial charge in [-0.3, -0.25) is 4.72 Å². The lowest BCUT2D eigenvalue weighted by Crippen LogP contribution is -2.16. The average Bonchev–Trinajstić information content (AvgIpc) is 3.08. The van der Waals surface area contributed by atoms with Crippen molar-refractivity contribution in [3.8, 4) is 0 Å². The molecule has 0 amide bonds. The second-order valence-electron chi connectivity index (χ2n) is 5.46. The van der Waals surface area contributed by atoms with E-state index in [1.807, 2.05) is 6.07 Å². The number of benzene rings is 1. The van der Waals surface area contributed by atoms with Gasteiger partial charge in [0.2, 0.25) is 10.0 Å². The number of hydrogen-bond acceptors (Lipinski definition) is 6. The van der Waals surface area contributed by atoms with Crippen LogP contribution in [-0.2, 0) is 22.3 Å². The molecule has 0 spiro atoms. The van der Waals surface area contributed by atoms with Gasteiger partial charge in [0.15, 0.2) is 5.82 Å². The summed E-state index contributed by atoms with van der Waals surface area (Å²) in [5.74, 6) is 0.792. The zero-order valence-electron chi connectivity index (χ0n) is 13.3. The molecule has 2 heterocycles. The monoisotopic (exact) mass is 347 g/mol. The highest BCUT2D eigenvalue weighted by atomic mass is 32.2. The molecular formula is C15H17N5O3S. The number of aryl methyl sites for hydroxylation is 1. The molecule has 3 aromatic rings. The standard InChI is InChI=1S/C15H17N5O3S/c1-11-8-14(17-23-11)9-20-12(2)15(16-19-20)18-24(21,22)10-13-6-4-3-5-7-13/h3-8,18H,9-10H2,1-2H3. The maximum absolute atomic E-state index is 12.3. The summed E-state index contributed by atoms with van der Waals surface area (Å²) >= 11 is 0. The van der Waals surface area contributed by atoms with Gasteiger partial charge in [-0.1, -0.05) is 40.7 Å². The second kappa shape index (κ2) is 6.44. The van der Waals surface area contributed by atoms with Crippen molar-refractivity contribution in [2.45, 2.75) is 26.1 Å². The van der Waals surface area contributed by atoms with Crippen LogP contribution in [-0.4, -0.2) is 28.6 Å². The van der Waals surface area contributed by atoms with Crippen molar-refractivity contribution in [3.05, 3.63) is 59.1 Å². The molecule has 0 aliphatic rings. The lowest BCUT2D eigenvalue weighted by molar-refractivity contribution is 0.387. The molecular weight excluding hydrogens is 330 g/mol. The van der Waals surface area contributed by atoms with Gasteiger partial charge < -0.3 is 4.52 Å². The molecule has 0 bridgehead atoms. The van der Waals surface area contributed by atoms with Gasteiger partial charge in [-0.25, -0.2) is 13.1 Å². The normalized spacial score (nSPS) is 11.6. The number of hydrogen-bond donors (Lipinski definition) is 1. The molecule has 0 fully saturated rings. The highest BCUT2D eigenvalue weighted by molar-refractivity contribution is 7.91. The molecule has 9 heteroatoms. The Balaban J connectivity index is 1.73. The predicted octanol–water partition coefficient (Wildman–Crippen LogP) is 1.87. The van der Waals surface area contributed by atoms with E-state index in [4.69, 9.17) is 4.52 Å². The molecule has 0 radical (unpaired) electrons. The number of nitrogens with zero attached hydrogens (tertiary/aromatic N) is 4. The number of rotatable bonds is 6. The smallest absolute Gasteiger partial charge is 0.238 e. The van der Waals surface area contributed by atoms with E-state index in [2.05, 4.69) is 20.2 Å². The maximum atomic E-state index is 12.3. The molecule has 0 atom stereocenters. The van der Waals surface area contributed by atoms with Gasteiger partial charge in [-0.05, 0) is 19.4 Å². The molecule has 24 heavy (non-hydrogen) atoms. The van der Waals surface area contributed by atoms with Crippen LogP contribution < -0.4 is 4.72 Å². The fourth-order valence-electron chi connectivity index (χ4n) is 2.23. The first kappa shape index (κ1) is 16.2. The lowest BCUT2D eigenvalue weighted by atomic mass is 10.2. The van der Waals surface area contributed by atoms with Crippen molar-refractivity contribution >= 4 is 15.8 Å². The second-order valence-corrected chi connectivity index (χ2v) is 7.18. The van der Waals surface area contributed by atoms with Crippen molar-refractivity contribution in [1.29, 1.82) is 0 Å². The van der Waals surface area contributed by atoms with Gasteiger partial charge in [0.25, 0.3) is 0 Å². The maximum Gasteiger partial charge on any atom is 0.238 e. The fourth-order valence-corrected chi connectivity index (χ4v) is 3.41. The molecule has 0 aliphatic heterocycles. The molecule has 3 rings (SSSR count). The summed E-state index contributed by atoms with van der Waals surface area (Å²) in [6.45, 7) is 3.90. The van der Waals surface area contributed by atoms with Crippen LogP contribution in [0.25, 0.3) is 0 Å². The number of anilines is 1. The van der Waals surface area contributed by atoms with Gasteiger partial charge >= 0.3 is 0 Å². The first-order valence-corrected chi connectivity index (χ1v) is 8.95. The Morgan fingerprint density at radius 1 is 1.21 bits per heavy atom. The number of sulfonamides is 1. The van der Waals surface area contributed by atoms with E-state index in [1.165, 1.54) is 0 Å². The Hall–Kier alpha value is -2.68. The average molecular weight is 347 g/mol. The summed E-state index contributed by atoms with van der Waals surface area (Å²) < 4.78 is 33.6. The zero-order valence-corrected chi connectivity index (χ0v) is 14.1. The summed E-state index contributed by atoms with van der Waals surface area (Å²) in [7, 11) is -3.57. The minimum Gasteiger partial charge on any atom is -0.361 e. The molecule has 0 aliphatic carbocycles. The van der Waals surface area contributed by atoms with Crippen LogP contribution in [0.1, 0.15) is 22.7 Å². The van der Waals surface area contributed by atoms with Gasteiger partial charge in [0.05, 0.1) is 18.0 Å². The fraction of sp³-hybridized carbons (Fsp3) is 0.267. The zero-order chi connectivity index (χ0) is 17.2. The molecule has 2 aromatic heterocycles. The molecule has 0 saturated carbocycles. The van der Waals surface area contributed by atoms with Crippen LogP contribution in [0.2, 0.25) is 0 Å². The van der Waals surface area contributed by atoms with Crippen LogP contribution in [0.3, 0.4) is 0 Å². The Bertz CT molecular complexity index is 931. The molecule has 8 nitrogen and oxygen atoms in total. The van der Waals surface area contributed by atoms with Crippen LogP contribution in [0.15, 0.2) is 40.9 Å². The summed E-state index contributed by atoms with van der Waals surface area (Å²) in [5.41, 5.74) is 2.00. The van der Waals surface area contributed by atoms with Crippen molar-refractivity contribution in [2.75, 3.05) is 4.72 Å². The molecule has 1 aromatic carbocycles. The Morgan fingerprint density at radius 3 is 2.62 bits per heavy atom. The van der Waals surface area contributed by atoms with Gasteiger partial charge in [-0.15, -0.1) is 5.10 Å². The van der Waals surface area contributed by atoms with E-state index in [0.29, 0.717) is 29.3 Å². The minimum absolute atomic E-state index is 0.122. The lowest BCUT2D eigenvalue weighted by Gasteiger charge is -2.06. The van der Waals surface area contributed by atoms with Gasteiger partial charge in [0, 0.05) is 6.07 Å². The third kappa shape index (κ3) is 3.80. The first-order valence-electron chi connectivity index (χ1n) is 7.30. The number of aromatic nitrogens is 4. The predicted molar refractivity (Wildman–Crippen MR) is 87.8 cm³/mol. The van der Waals surface area contributed by atoms with Gasteiger partial charge in [0.1, 0.15) is 11.5 Å². The Kier molecular flexibility index (Phi) is 4.34. The van der Waals surface area contributed by atoms with E-state index in [9.17, 15) is 8.42 Å². The van der Waals surface area contributed by atoms with Crippen molar-refractivity contribution in [3.63, 3.8) is 0 Å². The van der Waals surface area contributed by atoms with Crippen LogP contribution >= 0.6 is 0 Å². The highest BCUT2D eigenvalue weighted by Crippen LogP contribution is 2.15. The molecule has 1 N–H and O–H groups in total. The van der Waals surface area contributed by atoms with E-state index in [1.54, 1.807) is 48.9 Å². The molecule has 126 valence electrons. The van der Waals surface area contributed by atoms with Crippen LogP contribution in [0.5, 0.6) is 0 Å². The third-order valence-electron chi connectivity index (χ3n) is 3.42. The minimum atomic E-state index is -3.57. The largest absolute Gasteiger partial charge is 0.361 e. The van der Waals surface area contributed by atoms with Crippen LogP contribution in [0.4, 0.5) is 5.82 Å². The van der Waals surface area contributed by atoms with E-state index < -0.39 is 10.0 Å². The van der Waals surface area contributed by atoms with Crippen molar-refractivity contribution < 1.29 is 12.9 Å². The Labute approximate surface area is 139 Å². The van der Waals surface area contributed by atoms with Crippen molar-refractivity contribution in [1.82, 2.24) is 20.2 Å². The van der Waals surface area contributed by atoms with Gasteiger partial charge in [-0.2, -0.15) is 0 Å². The Morgan fingerprint density at radius 2 is 1.96 bits per heavy atom. The van der Waals surface area contributed by atoms with E-state index in [0.717, 1.165) is 0 Å². The van der Waals surface area contributed by atoms with E-state index >= 15 is 0 Å². The summed E-state index contributed by atoms with van der Waals surface area (Å²) in [6, 6.07) is 10.7. The van der Waals surface area contributed by atoms with Crippen LogP contribution in [0, 0.1) is 13.8 Å². The third-order valence-corrected chi connectivity index (χ3v) is 4.64. The number of nitrogens with one attached hydrogen (secondary N) is 1. The first-order chi connectivity index (χ1) is 11.4. The quantitative estimate of drug-likeness (QED) is 0.730. The topological polar surface area (TPSA) is 103 Å².